The molecule has 0 spiro atoms. The number of nitrogens with two attached hydrogens (primary N) is 1. The van der Waals surface area contributed by atoms with Crippen molar-refractivity contribution in [1.29, 1.82) is 0 Å². The Bertz CT molecular complexity index is 1100. The number of carbonyl (C=O) groups is 1. The number of ether oxygens (including phenoxy) is 1. The first-order valence-electron chi connectivity index (χ1n) is 8.86. The predicted molar refractivity (Wildman–Crippen MR) is 106 cm³/mol. The zero-order valence-electron chi connectivity index (χ0n) is 15.4. The fourth-order valence-electron chi connectivity index (χ4n) is 2.96. The fourth-order valence-corrected chi connectivity index (χ4v) is 3.84. The summed E-state index contributed by atoms with van der Waals surface area (Å²) in [6.45, 7) is 2.32. The van der Waals surface area contributed by atoms with Gasteiger partial charge in [-0.15, -0.1) is 0 Å². The molecule has 7 nitrogen and oxygen atoms in total. The van der Waals surface area contributed by atoms with Crippen molar-refractivity contribution >= 4 is 33.7 Å². The number of amides is 1. The number of nitrogens with one attached hydrogen (secondary N) is 2. The first kappa shape index (κ1) is 19.1. The molecule has 3 aromatic rings. The van der Waals surface area contributed by atoms with Gasteiger partial charge in [0.1, 0.15) is 27.4 Å². The summed E-state index contributed by atoms with van der Waals surface area (Å²) in [5.74, 6) is -1.58. The number of anilines is 2. The van der Waals surface area contributed by atoms with Gasteiger partial charge >= 0.3 is 0 Å². The van der Waals surface area contributed by atoms with Gasteiger partial charge in [-0.3, -0.25) is 9.89 Å². The first-order chi connectivity index (χ1) is 14.0. The minimum Gasteiger partial charge on any atom is -0.491 e. The number of nitrogens with zero attached hydrogens (tertiary/aromatic N) is 2. The van der Waals surface area contributed by atoms with E-state index in [0.29, 0.717) is 29.4 Å². The number of carbonyl (C=O) groups excluding carboxylic acids is 1. The van der Waals surface area contributed by atoms with Crippen molar-refractivity contribution in [2.45, 2.75) is 19.8 Å². The number of rotatable bonds is 4. The van der Waals surface area contributed by atoms with Crippen molar-refractivity contribution < 1.29 is 18.3 Å². The van der Waals surface area contributed by atoms with Crippen LogP contribution in [0.5, 0.6) is 0 Å². The molecular formula is C19H17F2N5O2S. The van der Waals surface area contributed by atoms with Gasteiger partial charge in [0, 0.05) is 0 Å². The minimum atomic E-state index is -0.778. The Balaban J connectivity index is 1.65. The summed E-state index contributed by atoms with van der Waals surface area (Å²) in [5.41, 5.74) is 7.03. The molecule has 0 bridgehead atoms. The number of H-pyrrole nitrogens is 1. The molecule has 3 heterocycles. The van der Waals surface area contributed by atoms with E-state index in [2.05, 4.69) is 20.5 Å². The van der Waals surface area contributed by atoms with Crippen LogP contribution in [0.4, 0.5) is 19.5 Å². The van der Waals surface area contributed by atoms with E-state index in [0.717, 1.165) is 36.3 Å². The molecule has 0 saturated carbocycles. The molecule has 0 aliphatic carbocycles. The van der Waals surface area contributed by atoms with Crippen LogP contribution in [0.1, 0.15) is 34.7 Å². The van der Waals surface area contributed by atoms with E-state index >= 15 is 0 Å². The summed E-state index contributed by atoms with van der Waals surface area (Å²) < 4.78 is 33.7. The average Bonchev–Trinajstić information content (AvgIpc) is 3.25. The molecule has 10 heteroatoms. The van der Waals surface area contributed by atoms with Crippen molar-refractivity contribution in [2.24, 2.45) is 0 Å². The molecule has 150 valence electrons. The van der Waals surface area contributed by atoms with E-state index in [1.807, 2.05) is 6.08 Å². The van der Waals surface area contributed by atoms with Crippen LogP contribution in [0.25, 0.3) is 16.3 Å². The van der Waals surface area contributed by atoms with Gasteiger partial charge < -0.3 is 15.8 Å². The SMILES string of the molecule is Cc1[nH]nc(C2=CCCCO2)c1NC(=O)c1nc(-c2c(F)cccc2F)sc1N. The second kappa shape index (κ2) is 7.63. The van der Waals surface area contributed by atoms with E-state index in [4.69, 9.17) is 10.5 Å². The highest BCUT2D eigenvalue weighted by Gasteiger charge is 2.24. The average molecular weight is 417 g/mol. The van der Waals surface area contributed by atoms with E-state index in [1.165, 1.54) is 6.07 Å². The van der Waals surface area contributed by atoms with Crippen LogP contribution >= 0.6 is 11.3 Å². The summed E-state index contributed by atoms with van der Waals surface area (Å²) in [7, 11) is 0. The Morgan fingerprint density at radius 1 is 1.34 bits per heavy atom. The number of aryl methyl sites for hydroxylation is 1. The summed E-state index contributed by atoms with van der Waals surface area (Å²) in [5, 5.41) is 9.80. The summed E-state index contributed by atoms with van der Waals surface area (Å²) in [6, 6.07) is 3.49. The molecular weight excluding hydrogens is 400 g/mol. The summed E-state index contributed by atoms with van der Waals surface area (Å²) in [6.07, 6.45) is 3.68. The van der Waals surface area contributed by atoms with E-state index < -0.39 is 17.5 Å². The molecule has 2 aromatic heterocycles. The Morgan fingerprint density at radius 3 is 2.79 bits per heavy atom. The molecule has 1 amide bonds. The Kier molecular flexibility index (Phi) is 5.01. The maximum absolute atomic E-state index is 14.0. The van der Waals surface area contributed by atoms with Crippen molar-refractivity contribution in [3.8, 4) is 10.6 Å². The van der Waals surface area contributed by atoms with Crippen LogP contribution in [-0.2, 0) is 4.74 Å². The van der Waals surface area contributed by atoms with Crippen LogP contribution in [0.15, 0.2) is 24.3 Å². The van der Waals surface area contributed by atoms with Crippen LogP contribution in [0.2, 0.25) is 0 Å². The smallest absolute Gasteiger partial charge is 0.277 e. The maximum Gasteiger partial charge on any atom is 0.277 e. The number of hydrogen-bond donors (Lipinski definition) is 3. The molecule has 0 atom stereocenters. The quantitative estimate of drug-likeness (QED) is 0.593. The van der Waals surface area contributed by atoms with E-state index in [9.17, 15) is 13.6 Å². The number of benzene rings is 1. The molecule has 4 N–H and O–H groups in total. The minimum absolute atomic E-state index is 0.00860. The third-order valence-electron chi connectivity index (χ3n) is 4.40. The van der Waals surface area contributed by atoms with Crippen molar-refractivity contribution in [3.63, 3.8) is 0 Å². The highest BCUT2D eigenvalue weighted by Crippen LogP contribution is 2.34. The zero-order chi connectivity index (χ0) is 20.5. The predicted octanol–water partition coefficient (Wildman–Crippen LogP) is 4.11. The molecule has 0 saturated heterocycles. The Labute approximate surface area is 168 Å². The van der Waals surface area contributed by atoms with E-state index in [1.54, 1.807) is 6.92 Å². The molecule has 29 heavy (non-hydrogen) atoms. The Hall–Kier alpha value is -3.27. The first-order valence-corrected chi connectivity index (χ1v) is 9.67. The molecule has 1 aromatic carbocycles. The molecule has 0 unspecified atom stereocenters. The maximum atomic E-state index is 14.0. The lowest BCUT2D eigenvalue weighted by Crippen LogP contribution is -2.16. The third kappa shape index (κ3) is 3.58. The van der Waals surface area contributed by atoms with Crippen LogP contribution in [-0.4, -0.2) is 27.7 Å². The summed E-state index contributed by atoms with van der Waals surface area (Å²) >= 11 is 0.840. The van der Waals surface area contributed by atoms with Gasteiger partial charge in [0.2, 0.25) is 0 Å². The van der Waals surface area contributed by atoms with Gasteiger partial charge in [-0.05, 0) is 38.0 Å². The highest BCUT2D eigenvalue weighted by atomic mass is 32.1. The highest BCUT2D eigenvalue weighted by molar-refractivity contribution is 7.19. The molecule has 0 radical (unpaired) electrons. The van der Waals surface area contributed by atoms with Crippen LogP contribution in [0.3, 0.4) is 0 Å². The van der Waals surface area contributed by atoms with Crippen molar-refractivity contribution in [1.82, 2.24) is 15.2 Å². The monoisotopic (exact) mass is 417 g/mol. The van der Waals surface area contributed by atoms with Crippen molar-refractivity contribution in [3.05, 3.63) is 53.0 Å². The van der Waals surface area contributed by atoms with Gasteiger partial charge in [-0.25, -0.2) is 13.8 Å². The number of aromatic nitrogens is 3. The zero-order valence-corrected chi connectivity index (χ0v) is 16.2. The second-order valence-corrected chi connectivity index (χ2v) is 7.44. The number of allylic oxidation sites excluding steroid dienone is 1. The molecule has 0 fully saturated rings. The lowest BCUT2D eigenvalue weighted by molar-refractivity contribution is 0.102. The Morgan fingerprint density at radius 2 is 2.10 bits per heavy atom. The fraction of sp³-hybridized carbons (Fsp3) is 0.211. The normalized spacial score (nSPS) is 13.7. The summed E-state index contributed by atoms with van der Waals surface area (Å²) in [4.78, 5) is 16.9. The lowest BCUT2D eigenvalue weighted by Gasteiger charge is -2.14. The van der Waals surface area contributed by atoms with Crippen molar-refractivity contribution in [2.75, 3.05) is 17.7 Å². The number of aromatic amines is 1. The standard InChI is InChI=1S/C19H17F2N5O2S/c1-9-14(15(26-25-9)12-7-2-3-8-28-12)23-18(27)16-17(22)29-19(24-16)13-10(20)5-4-6-11(13)21/h4-7H,2-3,8,22H2,1H3,(H,23,27)(H,25,26). The van der Waals surface area contributed by atoms with Crippen LogP contribution in [0, 0.1) is 18.6 Å². The number of halogens is 2. The van der Waals surface area contributed by atoms with Gasteiger partial charge in [0.15, 0.2) is 11.4 Å². The van der Waals surface area contributed by atoms with Gasteiger partial charge in [-0.1, -0.05) is 17.4 Å². The molecule has 4 rings (SSSR count). The number of hydrogen-bond acceptors (Lipinski definition) is 6. The lowest BCUT2D eigenvalue weighted by atomic mass is 10.2. The largest absolute Gasteiger partial charge is 0.491 e. The van der Waals surface area contributed by atoms with Gasteiger partial charge in [0.25, 0.3) is 5.91 Å². The molecule has 1 aliphatic rings. The van der Waals surface area contributed by atoms with Gasteiger partial charge in [-0.2, -0.15) is 5.10 Å². The third-order valence-corrected chi connectivity index (χ3v) is 5.30. The van der Waals surface area contributed by atoms with Gasteiger partial charge in [0.05, 0.1) is 23.6 Å². The number of nitrogen functional groups attached to an aromatic ring is 1. The van der Waals surface area contributed by atoms with E-state index in [-0.39, 0.29) is 21.3 Å². The second-order valence-electron chi connectivity index (χ2n) is 6.41. The molecule has 1 aliphatic heterocycles. The van der Waals surface area contributed by atoms with Crippen LogP contribution < -0.4 is 11.1 Å². The topological polar surface area (TPSA) is 106 Å². The number of thiazole rings is 1.